The molecular formula is C14H16FN5O. The van der Waals surface area contributed by atoms with Gasteiger partial charge in [0.25, 0.3) is 0 Å². The Kier molecular flexibility index (Phi) is 3.66. The molecule has 1 fully saturated rings. The average molecular weight is 289 g/mol. The minimum absolute atomic E-state index is 0.156. The van der Waals surface area contributed by atoms with Crippen molar-refractivity contribution in [1.82, 2.24) is 15.0 Å². The highest BCUT2D eigenvalue weighted by Gasteiger charge is 2.16. The van der Waals surface area contributed by atoms with Crippen LogP contribution in [0.15, 0.2) is 18.2 Å². The molecule has 0 saturated carbocycles. The van der Waals surface area contributed by atoms with Gasteiger partial charge >= 0.3 is 0 Å². The van der Waals surface area contributed by atoms with Crippen molar-refractivity contribution in [3.05, 3.63) is 29.6 Å². The van der Waals surface area contributed by atoms with Gasteiger partial charge in [0, 0.05) is 18.7 Å². The number of hydrogen-bond donors (Lipinski definition) is 1. The number of nitrogens with zero attached hydrogens (tertiary/aromatic N) is 4. The van der Waals surface area contributed by atoms with Crippen molar-refractivity contribution in [1.29, 1.82) is 0 Å². The fraction of sp³-hybridized carbons (Fsp3) is 0.357. The van der Waals surface area contributed by atoms with E-state index in [1.165, 1.54) is 6.07 Å². The van der Waals surface area contributed by atoms with Crippen molar-refractivity contribution < 1.29 is 9.13 Å². The van der Waals surface area contributed by atoms with Crippen LogP contribution in [0.5, 0.6) is 0 Å². The van der Waals surface area contributed by atoms with Crippen LogP contribution < -0.4 is 10.6 Å². The number of nitrogen functional groups attached to an aromatic ring is 1. The first-order valence-corrected chi connectivity index (χ1v) is 6.74. The topological polar surface area (TPSA) is 77.2 Å². The minimum atomic E-state index is -0.255. The van der Waals surface area contributed by atoms with Crippen molar-refractivity contribution in [2.75, 3.05) is 36.9 Å². The summed E-state index contributed by atoms with van der Waals surface area (Å²) >= 11 is 0. The maximum Gasteiger partial charge on any atom is 0.230 e. The molecule has 1 aliphatic rings. The number of aromatic nitrogens is 3. The Bertz CT molecular complexity index is 658. The first-order chi connectivity index (χ1) is 10.1. The molecule has 0 radical (unpaired) electrons. The maximum absolute atomic E-state index is 13.4. The van der Waals surface area contributed by atoms with Crippen LogP contribution in [0.3, 0.4) is 0 Å². The number of anilines is 2. The zero-order valence-electron chi connectivity index (χ0n) is 11.7. The summed E-state index contributed by atoms with van der Waals surface area (Å²) in [7, 11) is 0. The van der Waals surface area contributed by atoms with E-state index in [4.69, 9.17) is 10.5 Å². The third kappa shape index (κ3) is 2.92. The molecule has 2 heterocycles. The van der Waals surface area contributed by atoms with Crippen molar-refractivity contribution in [3.63, 3.8) is 0 Å². The lowest BCUT2D eigenvalue weighted by Gasteiger charge is -2.26. The molecule has 6 nitrogen and oxygen atoms in total. The molecule has 110 valence electrons. The summed E-state index contributed by atoms with van der Waals surface area (Å²) in [5.74, 6) is 0.882. The molecule has 0 unspecified atom stereocenters. The highest BCUT2D eigenvalue weighted by Crippen LogP contribution is 2.21. The molecule has 2 aromatic rings. The summed E-state index contributed by atoms with van der Waals surface area (Å²) in [5, 5.41) is 0. The predicted molar refractivity (Wildman–Crippen MR) is 77.4 cm³/mol. The molecule has 0 atom stereocenters. The molecule has 0 aliphatic carbocycles. The largest absolute Gasteiger partial charge is 0.378 e. The molecule has 0 amide bonds. The number of hydrogen-bond acceptors (Lipinski definition) is 6. The molecule has 1 aromatic heterocycles. The molecule has 3 rings (SSSR count). The summed E-state index contributed by atoms with van der Waals surface area (Å²) in [4.78, 5) is 14.8. The Labute approximate surface area is 121 Å². The fourth-order valence-electron chi connectivity index (χ4n) is 2.20. The lowest BCUT2D eigenvalue weighted by atomic mass is 10.1. The van der Waals surface area contributed by atoms with E-state index in [2.05, 4.69) is 15.0 Å². The Hall–Kier alpha value is -2.28. The Morgan fingerprint density at radius 2 is 1.95 bits per heavy atom. The third-order valence-corrected chi connectivity index (χ3v) is 3.35. The van der Waals surface area contributed by atoms with Crippen LogP contribution in [0.4, 0.5) is 16.3 Å². The monoisotopic (exact) mass is 289 g/mol. The Morgan fingerprint density at radius 1 is 1.19 bits per heavy atom. The maximum atomic E-state index is 13.4. The molecule has 21 heavy (non-hydrogen) atoms. The van der Waals surface area contributed by atoms with E-state index >= 15 is 0 Å². The van der Waals surface area contributed by atoms with Gasteiger partial charge in [-0.15, -0.1) is 0 Å². The smallest absolute Gasteiger partial charge is 0.230 e. The lowest BCUT2D eigenvalue weighted by Crippen LogP contribution is -2.37. The second-order valence-electron chi connectivity index (χ2n) is 4.88. The van der Waals surface area contributed by atoms with E-state index in [0.29, 0.717) is 43.6 Å². The number of morpholine rings is 1. The van der Waals surface area contributed by atoms with Crippen LogP contribution in [-0.2, 0) is 4.74 Å². The van der Waals surface area contributed by atoms with Crippen LogP contribution in [0.1, 0.15) is 5.56 Å². The second kappa shape index (κ2) is 5.61. The predicted octanol–water partition coefficient (Wildman–Crippen LogP) is 1.40. The summed E-state index contributed by atoms with van der Waals surface area (Å²) < 4.78 is 18.7. The summed E-state index contributed by atoms with van der Waals surface area (Å²) in [6.07, 6.45) is 0. The first kappa shape index (κ1) is 13.7. The molecule has 7 heteroatoms. The van der Waals surface area contributed by atoms with Gasteiger partial charge in [0.1, 0.15) is 5.82 Å². The van der Waals surface area contributed by atoms with E-state index < -0.39 is 0 Å². The van der Waals surface area contributed by atoms with Gasteiger partial charge < -0.3 is 15.4 Å². The number of halogens is 1. The highest BCUT2D eigenvalue weighted by molar-refractivity contribution is 5.59. The van der Waals surface area contributed by atoms with E-state index in [0.717, 1.165) is 5.56 Å². The Morgan fingerprint density at radius 3 is 2.67 bits per heavy atom. The zero-order chi connectivity index (χ0) is 14.8. The normalized spacial score (nSPS) is 15.2. The van der Waals surface area contributed by atoms with Crippen molar-refractivity contribution in [2.24, 2.45) is 0 Å². The van der Waals surface area contributed by atoms with E-state index in [1.54, 1.807) is 19.1 Å². The summed E-state index contributed by atoms with van der Waals surface area (Å²) in [6, 6.07) is 4.74. The van der Waals surface area contributed by atoms with Gasteiger partial charge in [0.15, 0.2) is 5.82 Å². The second-order valence-corrected chi connectivity index (χ2v) is 4.88. The Balaban J connectivity index is 1.98. The van der Waals surface area contributed by atoms with Crippen LogP contribution in [0.2, 0.25) is 0 Å². The van der Waals surface area contributed by atoms with Gasteiger partial charge in [-0.1, -0.05) is 0 Å². The molecule has 1 aliphatic heterocycles. The van der Waals surface area contributed by atoms with E-state index in [-0.39, 0.29) is 11.8 Å². The van der Waals surface area contributed by atoms with Gasteiger partial charge in [-0.3, -0.25) is 0 Å². The van der Waals surface area contributed by atoms with Crippen LogP contribution in [-0.4, -0.2) is 41.3 Å². The minimum Gasteiger partial charge on any atom is -0.378 e. The van der Waals surface area contributed by atoms with Gasteiger partial charge in [0.2, 0.25) is 11.9 Å². The molecule has 0 bridgehead atoms. The number of nitrogens with two attached hydrogens (primary N) is 1. The zero-order valence-corrected chi connectivity index (χ0v) is 11.7. The van der Waals surface area contributed by atoms with Crippen molar-refractivity contribution in [2.45, 2.75) is 6.92 Å². The average Bonchev–Trinajstić information content (AvgIpc) is 2.50. The van der Waals surface area contributed by atoms with Crippen LogP contribution >= 0.6 is 0 Å². The van der Waals surface area contributed by atoms with Gasteiger partial charge in [-0.05, 0) is 30.7 Å². The standard InChI is InChI=1S/C14H16FN5O/c1-9-8-10(2-3-11(9)15)12-17-13(16)19-14(18-12)20-4-6-21-7-5-20/h2-3,8H,4-7H2,1H3,(H2,16,17,18,19). The number of ether oxygens (including phenoxy) is 1. The number of aryl methyl sites for hydroxylation is 1. The SMILES string of the molecule is Cc1cc(-c2nc(N)nc(N3CCOCC3)n2)ccc1F. The first-order valence-electron chi connectivity index (χ1n) is 6.74. The molecular weight excluding hydrogens is 273 g/mol. The quantitative estimate of drug-likeness (QED) is 0.900. The number of rotatable bonds is 2. The van der Waals surface area contributed by atoms with Gasteiger partial charge in [-0.2, -0.15) is 15.0 Å². The van der Waals surface area contributed by atoms with Gasteiger partial charge in [-0.25, -0.2) is 4.39 Å². The van der Waals surface area contributed by atoms with Gasteiger partial charge in [0.05, 0.1) is 13.2 Å². The highest BCUT2D eigenvalue weighted by atomic mass is 19.1. The summed E-state index contributed by atoms with van der Waals surface area (Å²) in [5.41, 5.74) is 7.04. The van der Waals surface area contributed by atoms with Crippen molar-refractivity contribution in [3.8, 4) is 11.4 Å². The molecule has 2 N–H and O–H groups in total. The van der Waals surface area contributed by atoms with Crippen molar-refractivity contribution >= 4 is 11.9 Å². The molecule has 1 aromatic carbocycles. The van der Waals surface area contributed by atoms with Crippen LogP contribution in [0, 0.1) is 12.7 Å². The molecule has 0 spiro atoms. The van der Waals surface area contributed by atoms with E-state index in [9.17, 15) is 4.39 Å². The van der Waals surface area contributed by atoms with Crippen LogP contribution in [0.25, 0.3) is 11.4 Å². The van der Waals surface area contributed by atoms with E-state index in [1.807, 2.05) is 4.90 Å². The molecule has 1 saturated heterocycles. The lowest BCUT2D eigenvalue weighted by molar-refractivity contribution is 0.122. The number of benzene rings is 1. The summed E-state index contributed by atoms with van der Waals surface area (Å²) in [6.45, 7) is 4.40. The third-order valence-electron chi connectivity index (χ3n) is 3.35. The fourth-order valence-corrected chi connectivity index (χ4v) is 2.20.